The van der Waals surface area contributed by atoms with Crippen LogP contribution in [-0.4, -0.2) is 41.8 Å². The summed E-state index contributed by atoms with van der Waals surface area (Å²) in [6, 6.07) is 10.1. The number of benzene rings is 2. The van der Waals surface area contributed by atoms with Crippen LogP contribution in [0.25, 0.3) is 22.2 Å². The number of fused-ring (bicyclic) bond motifs is 1. The normalized spacial score (nSPS) is 14.2. The second-order valence-electron chi connectivity index (χ2n) is 8.92. The molecule has 7 nitrogen and oxygen atoms in total. The monoisotopic (exact) mass is 492 g/mol. The Kier molecular flexibility index (Phi) is 6.90. The number of aromatic nitrogens is 3. The second-order valence-corrected chi connectivity index (χ2v) is 8.92. The summed E-state index contributed by atoms with van der Waals surface area (Å²) in [5, 5.41) is 3.75. The molecule has 1 aliphatic rings. The Morgan fingerprint density at radius 2 is 1.81 bits per heavy atom. The van der Waals surface area contributed by atoms with E-state index in [1.807, 2.05) is 0 Å². The molecule has 2 N–H and O–H groups in total. The lowest BCUT2D eigenvalue weighted by Crippen LogP contribution is -2.30. The summed E-state index contributed by atoms with van der Waals surface area (Å²) in [5.41, 5.74) is 1.81. The third-order valence-corrected chi connectivity index (χ3v) is 6.33. The van der Waals surface area contributed by atoms with Gasteiger partial charge in [0.15, 0.2) is 11.5 Å². The molecule has 0 radical (unpaired) electrons. The maximum atomic E-state index is 13.5. The summed E-state index contributed by atoms with van der Waals surface area (Å²) in [5.74, 6) is 0.655. The minimum Gasteiger partial charge on any atom is -0.493 e. The molecule has 1 aliphatic heterocycles. The van der Waals surface area contributed by atoms with Gasteiger partial charge in [-0.15, -0.1) is 0 Å². The quantitative estimate of drug-likeness (QED) is 0.401. The Morgan fingerprint density at radius 3 is 2.50 bits per heavy atom. The number of nitrogens with one attached hydrogen (secondary N) is 2. The van der Waals surface area contributed by atoms with Gasteiger partial charge in [0.05, 0.1) is 30.3 Å². The minimum absolute atomic E-state index is 0.280. The largest absolute Gasteiger partial charge is 0.493 e. The molecule has 0 spiro atoms. The van der Waals surface area contributed by atoms with Crippen molar-refractivity contribution in [3.05, 3.63) is 82.0 Å². The van der Waals surface area contributed by atoms with Crippen molar-refractivity contribution >= 4 is 10.9 Å². The molecule has 2 aromatic heterocycles. The van der Waals surface area contributed by atoms with Gasteiger partial charge in [-0.05, 0) is 61.7 Å². The predicted octanol–water partition coefficient (Wildman–Crippen LogP) is 4.24. The van der Waals surface area contributed by atoms with Crippen molar-refractivity contribution < 1.29 is 18.3 Å². The highest BCUT2D eigenvalue weighted by atomic mass is 19.1. The molecule has 186 valence electrons. The van der Waals surface area contributed by atoms with Crippen molar-refractivity contribution in [2.75, 3.05) is 26.8 Å². The summed E-state index contributed by atoms with van der Waals surface area (Å²) in [7, 11) is 1.55. The van der Waals surface area contributed by atoms with Crippen molar-refractivity contribution in [3.8, 4) is 22.8 Å². The standard InChI is InChI=1S/C27H26F2N4O3/c1-35-24-12-21-23(13-25(24)36-15-16-4-6-30-7-5-16)32-26(33-27(21)34)8-17-2-3-22(31-14-17)18-9-19(28)11-20(29)10-18/h2-3,9-14,16,30H,4-8,15H2,1H3,(H,32,33,34). The Balaban J connectivity index is 1.38. The zero-order chi connectivity index (χ0) is 25.1. The molecule has 0 amide bonds. The summed E-state index contributed by atoms with van der Waals surface area (Å²) < 4.78 is 38.6. The number of hydrogen-bond acceptors (Lipinski definition) is 6. The van der Waals surface area contributed by atoms with Crippen LogP contribution in [0.2, 0.25) is 0 Å². The molecule has 2 aromatic carbocycles. The zero-order valence-corrected chi connectivity index (χ0v) is 19.8. The van der Waals surface area contributed by atoms with Gasteiger partial charge in [-0.25, -0.2) is 13.8 Å². The van der Waals surface area contributed by atoms with Crippen molar-refractivity contribution in [2.45, 2.75) is 19.3 Å². The van der Waals surface area contributed by atoms with E-state index in [1.54, 1.807) is 37.6 Å². The van der Waals surface area contributed by atoms with Crippen LogP contribution in [-0.2, 0) is 6.42 Å². The molecule has 4 aromatic rings. The third kappa shape index (κ3) is 5.36. The van der Waals surface area contributed by atoms with Gasteiger partial charge in [0.25, 0.3) is 5.56 Å². The first-order valence-corrected chi connectivity index (χ1v) is 11.8. The Hall–Kier alpha value is -3.85. The van der Waals surface area contributed by atoms with Crippen molar-refractivity contribution in [1.29, 1.82) is 0 Å². The Labute approximate surface area is 206 Å². The van der Waals surface area contributed by atoms with Crippen LogP contribution < -0.4 is 20.3 Å². The van der Waals surface area contributed by atoms with Gasteiger partial charge < -0.3 is 19.8 Å². The molecule has 0 unspecified atom stereocenters. The molecule has 1 fully saturated rings. The smallest absolute Gasteiger partial charge is 0.258 e. The Morgan fingerprint density at radius 1 is 1.03 bits per heavy atom. The van der Waals surface area contributed by atoms with Crippen molar-refractivity contribution in [1.82, 2.24) is 20.3 Å². The van der Waals surface area contributed by atoms with Crippen molar-refractivity contribution in [3.63, 3.8) is 0 Å². The number of H-pyrrole nitrogens is 1. The number of pyridine rings is 1. The van der Waals surface area contributed by atoms with Gasteiger partial charge in [0.1, 0.15) is 17.5 Å². The van der Waals surface area contributed by atoms with E-state index in [2.05, 4.69) is 20.3 Å². The zero-order valence-electron chi connectivity index (χ0n) is 19.8. The highest BCUT2D eigenvalue weighted by Crippen LogP contribution is 2.31. The number of nitrogens with zero attached hydrogens (tertiary/aromatic N) is 2. The summed E-state index contributed by atoms with van der Waals surface area (Å²) in [6.45, 7) is 2.54. The van der Waals surface area contributed by atoms with E-state index in [-0.39, 0.29) is 5.56 Å². The van der Waals surface area contributed by atoms with Crippen LogP contribution in [0.3, 0.4) is 0 Å². The van der Waals surface area contributed by atoms with Gasteiger partial charge in [-0.1, -0.05) is 6.07 Å². The summed E-state index contributed by atoms with van der Waals surface area (Å²) in [6.07, 6.45) is 4.04. The molecule has 0 aliphatic carbocycles. The van der Waals surface area contributed by atoms with Crippen LogP contribution in [0.1, 0.15) is 24.2 Å². The number of ether oxygens (including phenoxy) is 2. The van der Waals surface area contributed by atoms with E-state index < -0.39 is 11.6 Å². The number of methoxy groups -OCH3 is 1. The number of aromatic amines is 1. The number of hydrogen-bond donors (Lipinski definition) is 2. The van der Waals surface area contributed by atoms with E-state index >= 15 is 0 Å². The fourth-order valence-electron chi connectivity index (χ4n) is 4.40. The lowest BCUT2D eigenvalue weighted by atomic mass is 9.99. The van der Waals surface area contributed by atoms with E-state index in [0.717, 1.165) is 37.6 Å². The minimum atomic E-state index is -0.662. The molecule has 9 heteroatoms. The van der Waals surface area contributed by atoms with Crippen LogP contribution in [0.4, 0.5) is 8.78 Å². The molecule has 0 bridgehead atoms. The lowest BCUT2D eigenvalue weighted by molar-refractivity contribution is 0.208. The van der Waals surface area contributed by atoms with E-state index in [0.29, 0.717) is 58.4 Å². The van der Waals surface area contributed by atoms with Gasteiger partial charge in [-0.3, -0.25) is 9.78 Å². The first kappa shape index (κ1) is 23.9. The van der Waals surface area contributed by atoms with Crippen LogP contribution in [0.5, 0.6) is 11.5 Å². The summed E-state index contributed by atoms with van der Waals surface area (Å²) >= 11 is 0. The van der Waals surface area contributed by atoms with Gasteiger partial charge in [0, 0.05) is 30.3 Å². The molecule has 5 rings (SSSR count). The molecule has 0 atom stereocenters. The number of halogens is 2. The fraction of sp³-hybridized carbons (Fsp3) is 0.296. The van der Waals surface area contributed by atoms with Gasteiger partial charge >= 0.3 is 0 Å². The summed E-state index contributed by atoms with van der Waals surface area (Å²) in [4.78, 5) is 24.6. The number of piperidine rings is 1. The van der Waals surface area contributed by atoms with Gasteiger partial charge in [-0.2, -0.15) is 0 Å². The highest BCUT2D eigenvalue weighted by molar-refractivity contribution is 5.81. The molecular weight excluding hydrogens is 466 g/mol. The molecule has 36 heavy (non-hydrogen) atoms. The highest BCUT2D eigenvalue weighted by Gasteiger charge is 2.17. The first-order chi connectivity index (χ1) is 17.5. The SMILES string of the molecule is COc1cc2c(=O)[nH]c(Cc3ccc(-c4cc(F)cc(F)c4)nc3)nc2cc1OCC1CCNCC1. The molecule has 3 heterocycles. The molecular formula is C27H26F2N4O3. The topological polar surface area (TPSA) is 89.1 Å². The first-order valence-electron chi connectivity index (χ1n) is 11.8. The fourth-order valence-corrected chi connectivity index (χ4v) is 4.40. The van der Waals surface area contributed by atoms with Crippen LogP contribution in [0.15, 0.2) is 53.5 Å². The van der Waals surface area contributed by atoms with Crippen molar-refractivity contribution in [2.24, 2.45) is 5.92 Å². The Bertz CT molecular complexity index is 1410. The average molecular weight is 493 g/mol. The van der Waals surface area contributed by atoms with Crippen LogP contribution in [0, 0.1) is 17.6 Å². The van der Waals surface area contributed by atoms with E-state index in [9.17, 15) is 13.6 Å². The maximum Gasteiger partial charge on any atom is 0.258 e. The number of rotatable bonds is 7. The molecule has 0 saturated carbocycles. The van der Waals surface area contributed by atoms with E-state index in [1.165, 1.54) is 12.1 Å². The molecule has 1 saturated heterocycles. The predicted molar refractivity (Wildman–Crippen MR) is 132 cm³/mol. The average Bonchev–Trinajstić information content (AvgIpc) is 2.87. The van der Waals surface area contributed by atoms with E-state index in [4.69, 9.17) is 9.47 Å². The lowest BCUT2D eigenvalue weighted by Gasteiger charge is -2.23. The second kappa shape index (κ2) is 10.4. The third-order valence-electron chi connectivity index (χ3n) is 6.33. The van der Waals surface area contributed by atoms with Gasteiger partial charge in [0.2, 0.25) is 0 Å². The van der Waals surface area contributed by atoms with Crippen LogP contribution >= 0.6 is 0 Å². The maximum absolute atomic E-state index is 13.5.